The van der Waals surface area contributed by atoms with E-state index in [0.29, 0.717) is 0 Å². The van der Waals surface area contributed by atoms with E-state index in [0.717, 1.165) is 18.7 Å². The summed E-state index contributed by atoms with van der Waals surface area (Å²) in [5, 5.41) is 4.16. The van der Waals surface area contributed by atoms with Crippen LogP contribution in [0.25, 0.3) is 0 Å². The summed E-state index contributed by atoms with van der Waals surface area (Å²) in [5.41, 5.74) is 9.89. The highest BCUT2D eigenvalue weighted by atomic mass is 15.2. The van der Waals surface area contributed by atoms with Crippen LogP contribution in [0.3, 0.4) is 0 Å². The molecule has 1 aromatic carbocycles. The van der Waals surface area contributed by atoms with Gasteiger partial charge in [-0.25, -0.2) is 0 Å². The maximum atomic E-state index is 6.20. The summed E-state index contributed by atoms with van der Waals surface area (Å²) in [6.07, 6.45) is 3.82. The maximum absolute atomic E-state index is 6.20. The minimum atomic E-state index is 0.00325. The van der Waals surface area contributed by atoms with Gasteiger partial charge in [-0.2, -0.15) is 5.10 Å². The van der Waals surface area contributed by atoms with E-state index in [1.807, 2.05) is 19.4 Å². The molecule has 102 valence electrons. The fourth-order valence-electron chi connectivity index (χ4n) is 2.26. The molecular formula is C15H22N4. The highest BCUT2D eigenvalue weighted by molar-refractivity contribution is 5.22. The zero-order valence-electron chi connectivity index (χ0n) is 11.9. The van der Waals surface area contributed by atoms with Crippen LogP contribution in [0.5, 0.6) is 0 Å². The minimum absolute atomic E-state index is 0.00325. The van der Waals surface area contributed by atoms with Gasteiger partial charge >= 0.3 is 0 Å². The van der Waals surface area contributed by atoms with Gasteiger partial charge in [0.15, 0.2) is 0 Å². The fraction of sp³-hybridized carbons (Fsp3) is 0.400. The lowest BCUT2D eigenvalue weighted by molar-refractivity contribution is 0.305. The Morgan fingerprint density at radius 3 is 2.84 bits per heavy atom. The first-order chi connectivity index (χ1) is 9.04. The molecule has 2 aromatic rings. The predicted molar refractivity (Wildman–Crippen MR) is 77.6 cm³/mol. The van der Waals surface area contributed by atoms with Gasteiger partial charge in [0.05, 0.1) is 6.20 Å². The van der Waals surface area contributed by atoms with Gasteiger partial charge in [-0.1, -0.05) is 29.8 Å². The van der Waals surface area contributed by atoms with Crippen LogP contribution in [-0.4, -0.2) is 28.3 Å². The number of benzene rings is 1. The first kappa shape index (κ1) is 13.8. The molecule has 0 aliphatic carbocycles. The zero-order chi connectivity index (χ0) is 13.8. The van der Waals surface area contributed by atoms with Gasteiger partial charge < -0.3 is 10.6 Å². The van der Waals surface area contributed by atoms with Crippen molar-refractivity contribution in [3.05, 3.63) is 53.3 Å². The molecule has 0 amide bonds. The van der Waals surface area contributed by atoms with Crippen molar-refractivity contribution in [3.63, 3.8) is 0 Å². The Hall–Kier alpha value is -1.65. The van der Waals surface area contributed by atoms with Crippen molar-refractivity contribution < 1.29 is 0 Å². The molecule has 1 unspecified atom stereocenters. The van der Waals surface area contributed by atoms with Crippen LogP contribution in [0.2, 0.25) is 0 Å². The lowest BCUT2D eigenvalue weighted by atomic mass is 10.1. The maximum Gasteiger partial charge on any atom is 0.0537 e. The van der Waals surface area contributed by atoms with Crippen LogP contribution in [0.4, 0.5) is 0 Å². The van der Waals surface area contributed by atoms with Crippen LogP contribution in [0.15, 0.2) is 36.7 Å². The fourth-order valence-corrected chi connectivity index (χ4v) is 2.26. The molecule has 0 aliphatic heterocycles. The van der Waals surface area contributed by atoms with Gasteiger partial charge in [0.1, 0.15) is 0 Å². The first-order valence-corrected chi connectivity index (χ1v) is 6.53. The van der Waals surface area contributed by atoms with Crippen molar-refractivity contribution >= 4 is 0 Å². The largest absolute Gasteiger partial charge is 0.323 e. The van der Waals surface area contributed by atoms with E-state index in [2.05, 4.69) is 48.2 Å². The number of rotatable bonds is 5. The third kappa shape index (κ3) is 3.91. The second kappa shape index (κ2) is 5.99. The van der Waals surface area contributed by atoms with Crippen molar-refractivity contribution in [2.45, 2.75) is 19.5 Å². The molecule has 2 rings (SSSR count). The van der Waals surface area contributed by atoms with Crippen LogP contribution in [0, 0.1) is 6.92 Å². The Morgan fingerprint density at radius 2 is 2.21 bits per heavy atom. The molecule has 19 heavy (non-hydrogen) atoms. The van der Waals surface area contributed by atoms with E-state index >= 15 is 0 Å². The number of nitrogens with two attached hydrogens (primary N) is 1. The van der Waals surface area contributed by atoms with Gasteiger partial charge in [-0.05, 0) is 19.5 Å². The summed E-state index contributed by atoms with van der Waals surface area (Å²) in [5.74, 6) is 0. The second-order valence-electron chi connectivity index (χ2n) is 5.24. The lowest BCUT2D eigenvalue weighted by Gasteiger charge is -2.20. The number of aryl methyl sites for hydroxylation is 2. The summed E-state index contributed by atoms with van der Waals surface area (Å²) in [6, 6.07) is 8.58. The summed E-state index contributed by atoms with van der Waals surface area (Å²) in [4.78, 5) is 2.24. The molecule has 1 heterocycles. The summed E-state index contributed by atoms with van der Waals surface area (Å²) in [6.45, 7) is 3.85. The molecule has 0 saturated heterocycles. The molecule has 0 saturated carbocycles. The Labute approximate surface area is 114 Å². The Bertz CT molecular complexity index is 532. The molecule has 0 radical (unpaired) electrons. The van der Waals surface area contributed by atoms with E-state index in [9.17, 15) is 0 Å². The van der Waals surface area contributed by atoms with Crippen molar-refractivity contribution in [1.82, 2.24) is 14.7 Å². The van der Waals surface area contributed by atoms with Crippen molar-refractivity contribution in [1.29, 1.82) is 0 Å². The third-order valence-electron chi connectivity index (χ3n) is 3.20. The first-order valence-electron chi connectivity index (χ1n) is 6.53. The van der Waals surface area contributed by atoms with Crippen LogP contribution in [-0.2, 0) is 13.6 Å². The zero-order valence-corrected chi connectivity index (χ0v) is 11.9. The quantitative estimate of drug-likeness (QED) is 0.890. The predicted octanol–water partition coefficient (Wildman–Crippen LogP) is 1.86. The average molecular weight is 258 g/mol. The van der Waals surface area contributed by atoms with Crippen molar-refractivity contribution in [3.8, 4) is 0 Å². The molecule has 2 N–H and O–H groups in total. The highest BCUT2D eigenvalue weighted by Crippen LogP contribution is 2.12. The van der Waals surface area contributed by atoms with E-state index in [4.69, 9.17) is 5.73 Å². The monoisotopic (exact) mass is 258 g/mol. The van der Waals surface area contributed by atoms with E-state index in [-0.39, 0.29) is 6.04 Å². The number of aromatic nitrogens is 2. The van der Waals surface area contributed by atoms with Gasteiger partial charge in [-0.15, -0.1) is 0 Å². The molecule has 1 atom stereocenters. The minimum Gasteiger partial charge on any atom is -0.323 e. The van der Waals surface area contributed by atoms with Crippen molar-refractivity contribution in [2.75, 3.05) is 13.6 Å². The second-order valence-corrected chi connectivity index (χ2v) is 5.24. The smallest absolute Gasteiger partial charge is 0.0537 e. The topological polar surface area (TPSA) is 47.1 Å². The number of hydrogen-bond acceptors (Lipinski definition) is 3. The standard InChI is InChI=1S/C15H22N4/c1-12-5-4-6-13(7-12)9-18(2)11-15(16)14-8-17-19(3)10-14/h4-8,10,15H,9,11,16H2,1-3H3. The molecule has 0 aliphatic rings. The van der Waals surface area contributed by atoms with E-state index < -0.39 is 0 Å². The summed E-state index contributed by atoms with van der Waals surface area (Å²) >= 11 is 0. The molecule has 0 fully saturated rings. The van der Waals surface area contributed by atoms with E-state index in [1.165, 1.54) is 11.1 Å². The van der Waals surface area contributed by atoms with Gasteiger partial charge in [-0.3, -0.25) is 4.68 Å². The summed E-state index contributed by atoms with van der Waals surface area (Å²) < 4.78 is 1.79. The Kier molecular flexibility index (Phi) is 4.35. The Morgan fingerprint density at radius 1 is 1.42 bits per heavy atom. The SMILES string of the molecule is Cc1cccc(CN(C)CC(N)c2cnn(C)c2)c1. The molecule has 4 nitrogen and oxygen atoms in total. The van der Waals surface area contributed by atoms with Gasteiger partial charge in [0, 0.05) is 37.9 Å². The van der Waals surface area contributed by atoms with Gasteiger partial charge in [0.25, 0.3) is 0 Å². The van der Waals surface area contributed by atoms with E-state index in [1.54, 1.807) is 4.68 Å². The highest BCUT2D eigenvalue weighted by Gasteiger charge is 2.11. The average Bonchev–Trinajstić information content (AvgIpc) is 2.75. The molecule has 0 spiro atoms. The number of hydrogen-bond donors (Lipinski definition) is 1. The number of nitrogens with zero attached hydrogens (tertiary/aromatic N) is 3. The van der Waals surface area contributed by atoms with Crippen LogP contribution in [0.1, 0.15) is 22.7 Å². The van der Waals surface area contributed by atoms with Gasteiger partial charge in [0.2, 0.25) is 0 Å². The molecular weight excluding hydrogens is 236 g/mol. The number of likely N-dealkylation sites (N-methyl/N-ethyl adjacent to an activating group) is 1. The molecule has 4 heteroatoms. The lowest BCUT2D eigenvalue weighted by Crippen LogP contribution is -2.28. The normalized spacial score (nSPS) is 12.9. The molecule has 1 aromatic heterocycles. The Balaban J connectivity index is 1.92. The third-order valence-corrected chi connectivity index (χ3v) is 3.20. The van der Waals surface area contributed by atoms with Crippen LogP contribution < -0.4 is 5.73 Å². The summed E-state index contributed by atoms with van der Waals surface area (Å²) in [7, 11) is 4.01. The molecule has 0 bridgehead atoms. The van der Waals surface area contributed by atoms with Crippen LogP contribution >= 0.6 is 0 Å². The van der Waals surface area contributed by atoms with Crippen molar-refractivity contribution in [2.24, 2.45) is 12.8 Å².